The fraction of sp³-hybridized carbons (Fsp3) is 0.381. The van der Waals surface area contributed by atoms with Gasteiger partial charge in [0, 0.05) is 24.5 Å². The van der Waals surface area contributed by atoms with Gasteiger partial charge in [0.1, 0.15) is 12.4 Å². The Bertz CT molecular complexity index is 710. The van der Waals surface area contributed by atoms with Crippen LogP contribution in [0.2, 0.25) is 0 Å². The Balaban J connectivity index is 1.76. The van der Waals surface area contributed by atoms with Gasteiger partial charge in [0.2, 0.25) is 0 Å². The third kappa shape index (κ3) is 5.41. The molecule has 2 aromatic rings. The van der Waals surface area contributed by atoms with E-state index in [2.05, 4.69) is 42.4 Å². The van der Waals surface area contributed by atoms with Crippen molar-refractivity contribution in [2.75, 3.05) is 36.5 Å². The molecule has 2 aromatic carbocycles. The predicted molar refractivity (Wildman–Crippen MR) is 108 cm³/mol. The standard InChI is InChI=1S/C21H29N3O2/c1-5-24(6-2)19-12-10-18(11-13-19)23-21(25)22-14-15-26-20-9-7-8-16(3)17(20)4/h7-13H,5-6,14-15H2,1-4H3,(H2,22,23,25). The molecule has 0 aliphatic rings. The Hall–Kier alpha value is -2.69. The topological polar surface area (TPSA) is 53.6 Å². The van der Waals surface area contributed by atoms with E-state index in [1.165, 1.54) is 5.56 Å². The van der Waals surface area contributed by atoms with Crippen LogP contribution in [0.15, 0.2) is 42.5 Å². The van der Waals surface area contributed by atoms with Gasteiger partial charge in [0.05, 0.1) is 6.54 Å². The molecule has 2 amide bonds. The van der Waals surface area contributed by atoms with Crippen LogP contribution in [-0.4, -0.2) is 32.3 Å². The van der Waals surface area contributed by atoms with Crippen LogP contribution in [0.4, 0.5) is 16.2 Å². The number of carbonyl (C=O) groups excluding carboxylic acids is 1. The lowest BCUT2D eigenvalue weighted by Crippen LogP contribution is -2.32. The lowest BCUT2D eigenvalue weighted by Gasteiger charge is -2.21. The number of hydrogen-bond acceptors (Lipinski definition) is 3. The minimum Gasteiger partial charge on any atom is -0.491 e. The first-order valence-electron chi connectivity index (χ1n) is 9.14. The van der Waals surface area contributed by atoms with Crippen molar-refractivity contribution in [3.63, 3.8) is 0 Å². The molecule has 2 N–H and O–H groups in total. The van der Waals surface area contributed by atoms with Crippen LogP contribution < -0.4 is 20.3 Å². The average Bonchev–Trinajstić information content (AvgIpc) is 2.64. The van der Waals surface area contributed by atoms with Crippen molar-refractivity contribution in [3.05, 3.63) is 53.6 Å². The van der Waals surface area contributed by atoms with Gasteiger partial charge in [-0.25, -0.2) is 4.79 Å². The minimum absolute atomic E-state index is 0.231. The molecule has 0 atom stereocenters. The highest BCUT2D eigenvalue weighted by Gasteiger charge is 2.05. The monoisotopic (exact) mass is 355 g/mol. The largest absolute Gasteiger partial charge is 0.491 e. The molecule has 26 heavy (non-hydrogen) atoms. The molecule has 0 aliphatic heterocycles. The maximum Gasteiger partial charge on any atom is 0.319 e. The fourth-order valence-corrected chi connectivity index (χ4v) is 2.73. The van der Waals surface area contributed by atoms with Gasteiger partial charge in [-0.05, 0) is 69.2 Å². The van der Waals surface area contributed by atoms with Gasteiger partial charge in [0.25, 0.3) is 0 Å². The van der Waals surface area contributed by atoms with Crippen LogP contribution in [0.25, 0.3) is 0 Å². The summed E-state index contributed by atoms with van der Waals surface area (Å²) in [7, 11) is 0. The lowest BCUT2D eigenvalue weighted by atomic mass is 10.1. The summed E-state index contributed by atoms with van der Waals surface area (Å²) in [5, 5.41) is 5.65. The van der Waals surface area contributed by atoms with E-state index >= 15 is 0 Å². The molecule has 0 aromatic heterocycles. The number of anilines is 2. The number of urea groups is 1. The molecule has 140 valence electrons. The highest BCUT2D eigenvalue weighted by Crippen LogP contribution is 2.20. The van der Waals surface area contributed by atoms with Gasteiger partial charge in [-0.3, -0.25) is 0 Å². The minimum atomic E-state index is -0.231. The molecular formula is C21H29N3O2. The van der Waals surface area contributed by atoms with Gasteiger partial charge < -0.3 is 20.3 Å². The average molecular weight is 355 g/mol. The summed E-state index contributed by atoms with van der Waals surface area (Å²) < 4.78 is 5.74. The van der Waals surface area contributed by atoms with Crippen molar-refractivity contribution < 1.29 is 9.53 Å². The first-order chi connectivity index (χ1) is 12.5. The van der Waals surface area contributed by atoms with Crippen LogP contribution in [0.1, 0.15) is 25.0 Å². The van der Waals surface area contributed by atoms with E-state index in [0.717, 1.165) is 35.8 Å². The Kier molecular flexibility index (Phi) is 7.33. The Labute approximate surface area is 156 Å². The third-order valence-corrected chi connectivity index (χ3v) is 4.45. The van der Waals surface area contributed by atoms with Crippen LogP contribution in [-0.2, 0) is 0 Å². The number of rotatable bonds is 8. The first-order valence-corrected chi connectivity index (χ1v) is 9.14. The van der Waals surface area contributed by atoms with Gasteiger partial charge in [-0.1, -0.05) is 12.1 Å². The van der Waals surface area contributed by atoms with Gasteiger partial charge in [0.15, 0.2) is 0 Å². The van der Waals surface area contributed by atoms with Gasteiger partial charge in [-0.2, -0.15) is 0 Å². The summed E-state index contributed by atoms with van der Waals surface area (Å²) in [6, 6.07) is 13.6. The molecule has 0 unspecified atom stereocenters. The number of amides is 2. The summed E-state index contributed by atoms with van der Waals surface area (Å²) in [5.74, 6) is 0.860. The maximum atomic E-state index is 12.0. The summed E-state index contributed by atoms with van der Waals surface area (Å²) in [6.45, 7) is 11.1. The summed E-state index contributed by atoms with van der Waals surface area (Å²) in [4.78, 5) is 14.2. The SMILES string of the molecule is CCN(CC)c1ccc(NC(=O)NCCOc2cccc(C)c2C)cc1. The van der Waals surface area contributed by atoms with E-state index < -0.39 is 0 Å². The molecule has 0 bridgehead atoms. The number of ether oxygens (including phenoxy) is 1. The predicted octanol–water partition coefficient (Wildman–Crippen LogP) is 4.35. The van der Waals surface area contributed by atoms with Gasteiger partial charge in [-0.15, -0.1) is 0 Å². The Morgan fingerprint density at radius 2 is 1.73 bits per heavy atom. The van der Waals surface area contributed by atoms with Crippen molar-refractivity contribution in [1.82, 2.24) is 5.32 Å². The molecule has 0 heterocycles. The van der Waals surface area contributed by atoms with Crippen LogP contribution in [0.3, 0.4) is 0 Å². The normalized spacial score (nSPS) is 10.3. The second kappa shape index (κ2) is 9.70. The highest BCUT2D eigenvalue weighted by molar-refractivity contribution is 5.89. The summed E-state index contributed by atoms with van der Waals surface area (Å²) >= 11 is 0. The van der Waals surface area contributed by atoms with E-state index in [0.29, 0.717) is 13.2 Å². The number of carbonyl (C=O) groups is 1. The quantitative estimate of drug-likeness (QED) is 0.692. The Morgan fingerprint density at radius 3 is 2.38 bits per heavy atom. The highest BCUT2D eigenvalue weighted by atomic mass is 16.5. The molecule has 2 rings (SSSR count). The van der Waals surface area contributed by atoms with Crippen LogP contribution in [0.5, 0.6) is 5.75 Å². The molecule has 0 radical (unpaired) electrons. The van der Waals surface area contributed by atoms with Crippen molar-refractivity contribution in [2.24, 2.45) is 0 Å². The Morgan fingerprint density at radius 1 is 1.04 bits per heavy atom. The number of nitrogens with zero attached hydrogens (tertiary/aromatic N) is 1. The van der Waals surface area contributed by atoms with Crippen molar-refractivity contribution >= 4 is 17.4 Å². The molecule has 5 nitrogen and oxygen atoms in total. The zero-order valence-electron chi connectivity index (χ0n) is 16.1. The van der Waals surface area contributed by atoms with E-state index in [-0.39, 0.29) is 6.03 Å². The smallest absolute Gasteiger partial charge is 0.319 e. The number of benzene rings is 2. The zero-order chi connectivity index (χ0) is 18.9. The lowest BCUT2D eigenvalue weighted by molar-refractivity contribution is 0.247. The summed E-state index contributed by atoms with van der Waals surface area (Å²) in [6.07, 6.45) is 0. The molecule has 0 fully saturated rings. The number of aryl methyl sites for hydroxylation is 1. The molecule has 5 heteroatoms. The van der Waals surface area contributed by atoms with E-state index in [1.54, 1.807) is 0 Å². The fourth-order valence-electron chi connectivity index (χ4n) is 2.73. The molecule has 0 aliphatic carbocycles. The van der Waals surface area contributed by atoms with E-state index in [4.69, 9.17) is 4.74 Å². The number of hydrogen-bond donors (Lipinski definition) is 2. The first kappa shape index (κ1) is 19.6. The zero-order valence-corrected chi connectivity index (χ0v) is 16.1. The van der Waals surface area contributed by atoms with Crippen molar-refractivity contribution in [1.29, 1.82) is 0 Å². The van der Waals surface area contributed by atoms with E-state index in [9.17, 15) is 4.79 Å². The van der Waals surface area contributed by atoms with Crippen LogP contribution in [0, 0.1) is 13.8 Å². The molecule has 0 spiro atoms. The summed E-state index contributed by atoms with van der Waals surface area (Å²) in [5.41, 5.74) is 4.25. The van der Waals surface area contributed by atoms with Crippen molar-refractivity contribution in [3.8, 4) is 5.75 Å². The van der Waals surface area contributed by atoms with E-state index in [1.807, 2.05) is 43.3 Å². The maximum absolute atomic E-state index is 12.0. The molecule has 0 saturated carbocycles. The molecule has 0 saturated heterocycles. The molecular weight excluding hydrogens is 326 g/mol. The third-order valence-electron chi connectivity index (χ3n) is 4.45. The van der Waals surface area contributed by atoms with Gasteiger partial charge >= 0.3 is 6.03 Å². The number of nitrogens with one attached hydrogen (secondary N) is 2. The second-order valence-electron chi connectivity index (χ2n) is 6.15. The van der Waals surface area contributed by atoms with Crippen molar-refractivity contribution in [2.45, 2.75) is 27.7 Å². The van der Waals surface area contributed by atoms with Crippen LogP contribution >= 0.6 is 0 Å². The second-order valence-corrected chi connectivity index (χ2v) is 6.15.